The standard InChI is InChI=1S/C13H13BrN4O2/c1-2-20-11-4-3-8(14)5-9(11)10-6-12(19)17-13-15-7-16-18(10)13/h3-5,7,10H,2,6H2,1H3,(H,15,16,17,19)/t10-/m1/s1. The number of nitrogens with zero attached hydrogens (tertiary/aromatic N) is 3. The summed E-state index contributed by atoms with van der Waals surface area (Å²) in [6.45, 7) is 2.50. The molecule has 3 rings (SSSR count). The van der Waals surface area contributed by atoms with Crippen LogP contribution in [-0.4, -0.2) is 27.3 Å². The highest BCUT2D eigenvalue weighted by Crippen LogP contribution is 2.35. The molecular formula is C13H13BrN4O2. The van der Waals surface area contributed by atoms with Crippen molar-refractivity contribution in [2.75, 3.05) is 11.9 Å². The fraction of sp³-hybridized carbons (Fsp3) is 0.308. The van der Waals surface area contributed by atoms with Gasteiger partial charge >= 0.3 is 0 Å². The van der Waals surface area contributed by atoms with Crippen molar-refractivity contribution in [3.63, 3.8) is 0 Å². The third-order valence-electron chi connectivity index (χ3n) is 3.13. The van der Waals surface area contributed by atoms with Gasteiger partial charge in [0.25, 0.3) is 0 Å². The quantitative estimate of drug-likeness (QED) is 0.934. The van der Waals surface area contributed by atoms with E-state index in [4.69, 9.17) is 4.74 Å². The van der Waals surface area contributed by atoms with Gasteiger partial charge in [-0.25, -0.2) is 4.68 Å². The summed E-state index contributed by atoms with van der Waals surface area (Å²) in [6.07, 6.45) is 1.75. The second-order valence-electron chi connectivity index (χ2n) is 4.41. The predicted octanol–water partition coefficient (Wildman–Crippen LogP) is 2.37. The Morgan fingerprint density at radius 2 is 2.40 bits per heavy atom. The van der Waals surface area contributed by atoms with Crippen molar-refractivity contribution < 1.29 is 9.53 Å². The summed E-state index contributed by atoms with van der Waals surface area (Å²) in [7, 11) is 0. The molecule has 1 aliphatic heterocycles. The maximum absolute atomic E-state index is 11.8. The molecule has 6 nitrogen and oxygen atoms in total. The molecule has 2 aromatic rings. The number of amides is 1. The van der Waals surface area contributed by atoms with Gasteiger partial charge in [0.1, 0.15) is 12.1 Å². The van der Waals surface area contributed by atoms with Gasteiger partial charge in [-0.2, -0.15) is 10.1 Å². The number of halogens is 1. The molecule has 0 aliphatic carbocycles. The number of anilines is 1. The molecule has 1 N–H and O–H groups in total. The highest BCUT2D eigenvalue weighted by Gasteiger charge is 2.29. The van der Waals surface area contributed by atoms with Gasteiger partial charge in [-0.3, -0.25) is 10.1 Å². The molecule has 0 radical (unpaired) electrons. The fourth-order valence-corrected chi connectivity index (χ4v) is 2.69. The first-order valence-electron chi connectivity index (χ1n) is 6.30. The number of fused-ring (bicyclic) bond motifs is 1. The SMILES string of the molecule is CCOc1ccc(Br)cc1[C@H]1CC(=O)Nc2ncnn21. The van der Waals surface area contributed by atoms with Crippen molar-refractivity contribution in [2.24, 2.45) is 0 Å². The van der Waals surface area contributed by atoms with Crippen LogP contribution in [0.2, 0.25) is 0 Å². The third kappa shape index (κ3) is 2.29. The minimum atomic E-state index is -0.208. The number of nitrogens with one attached hydrogen (secondary N) is 1. The van der Waals surface area contributed by atoms with Crippen LogP contribution in [0, 0.1) is 0 Å². The van der Waals surface area contributed by atoms with Gasteiger partial charge in [-0.15, -0.1) is 0 Å². The summed E-state index contributed by atoms with van der Waals surface area (Å²) in [4.78, 5) is 15.9. The number of benzene rings is 1. The Labute approximate surface area is 124 Å². The van der Waals surface area contributed by atoms with Gasteiger partial charge < -0.3 is 4.74 Å². The number of hydrogen-bond donors (Lipinski definition) is 1. The minimum Gasteiger partial charge on any atom is -0.494 e. The molecule has 1 aromatic heterocycles. The van der Waals surface area contributed by atoms with E-state index in [9.17, 15) is 4.79 Å². The molecule has 2 heterocycles. The smallest absolute Gasteiger partial charge is 0.229 e. The summed E-state index contributed by atoms with van der Waals surface area (Å²) < 4.78 is 8.31. The zero-order valence-electron chi connectivity index (χ0n) is 10.8. The van der Waals surface area contributed by atoms with Crippen molar-refractivity contribution in [1.82, 2.24) is 14.8 Å². The first kappa shape index (κ1) is 13.1. The second-order valence-corrected chi connectivity index (χ2v) is 5.33. The zero-order valence-corrected chi connectivity index (χ0v) is 12.4. The number of carbonyl (C=O) groups excluding carboxylic acids is 1. The Kier molecular flexibility index (Phi) is 3.43. The van der Waals surface area contributed by atoms with Crippen LogP contribution in [0.3, 0.4) is 0 Å². The van der Waals surface area contributed by atoms with Crippen LogP contribution in [0.25, 0.3) is 0 Å². The topological polar surface area (TPSA) is 69.0 Å². The molecule has 0 saturated heterocycles. The summed E-state index contributed by atoms with van der Waals surface area (Å²) in [5, 5.41) is 6.90. The van der Waals surface area contributed by atoms with E-state index in [1.54, 1.807) is 4.68 Å². The predicted molar refractivity (Wildman–Crippen MR) is 76.7 cm³/mol. The fourth-order valence-electron chi connectivity index (χ4n) is 2.31. The molecule has 1 aromatic carbocycles. The highest BCUT2D eigenvalue weighted by atomic mass is 79.9. The van der Waals surface area contributed by atoms with E-state index in [-0.39, 0.29) is 11.9 Å². The molecule has 0 spiro atoms. The van der Waals surface area contributed by atoms with E-state index in [1.165, 1.54) is 6.33 Å². The van der Waals surface area contributed by atoms with Crippen LogP contribution in [0.15, 0.2) is 29.0 Å². The third-order valence-corrected chi connectivity index (χ3v) is 3.62. The number of carbonyl (C=O) groups is 1. The van der Waals surface area contributed by atoms with Crippen LogP contribution in [0.4, 0.5) is 5.95 Å². The monoisotopic (exact) mass is 336 g/mol. The Balaban J connectivity index is 2.09. The van der Waals surface area contributed by atoms with Crippen LogP contribution in [-0.2, 0) is 4.79 Å². The van der Waals surface area contributed by atoms with E-state index < -0.39 is 0 Å². The van der Waals surface area contributed by atoms with Crippen LogP contribution in [0.1, 0.15) is 24.9 Å². The average molecular weight is 337 g/mol. The molecule has 1 amide bonds. The van der Waals surface area contributed by atoms with Crippen molar-refractivity contribution in [3.8, 4) is 5.75 Å². The first-order chi connectivity index (χ1) is 9.69. The largest absolute Gasteiger partial charge is 0.494 e. The Morgan fingerprint density at radius 3 is 3.20 bits per heavy atom. The Bertz CT molecular complexity index is 656. The molecule has 1 aliphatic rings. The van der Waals surface area contributed by atoms with E-state index >= 15 is 0 Å². The molecule has 0 saturated carbocycles. The van der Waals surface area contributed by atoms with Crippen molar-refractivity contribution >= 4 is 27.8 Å². The average Bonchev–Trinajstić information content (AvgIpc) is 2.88. The number of ether oxygens (including phenoxy) is 1. The zero-order chi connectivity index (χ0) is 14.1. The highest BCUT2D eigenvalue weighted by molar-refractivity contribution is 9.10. The van der Waals surface area contributed by atoms with Gasteiger partial charge in [-0.05, 0) is 25.1 Å². The first-order valence-corrected chi connectivity index (χ1v) is 7.10. The molecule has 0 bridgehead atoms. The lowest BCUT2D eigenvalue weighted by molar-refractivity contribution is -0.117. The van der Waals surface area contributed by atoms with E-state index in [2.05, 4.69) is 31.3 Å². The van der Waals surface area contributed by atoms with Crippen LogP contribution < -0.4 is 10.1 Å². The minimum absolute atomic E-state index is 0.0714. The van der Waals surface area contributed by atoms with Gasteiger partial charge in [0, 0.05) is 10.0 Å². The lowest BCUT2D eigenvalue weighted by atomic mass is 10.0. The van der Waals surface area contributed by atoms with Gasteiger partial charge in [0.05, 0.1) is 19.1 Å². The molecule has 0 unspecified atom stereocenters. The van der Waals surface area contributed by atoms with Crippen molar-refractivity contribution in [3.05, 3.63) is 34.6 Å². The lowest BCUT2D eigenvalue weighted by Crippen LogP contribution is -2.29. The number of hydrogen-bond acceptors (Lipinski definition) is 4. The molecule has 20 heavy (non-hydrogen) atoms. The second kappa shape index (κ2) is 5.24. The van der Waals surface area contributed by atoms with Crippen molar-refractivity contribution in [2.45, 2.75) is 19.4 Å². The maximum Gasteiger partial charge on any atom is 0.229 e. The van der Waals surface area contributed by atoms with Crippen LogP contribution >= 0.6 is 15.9 Å². The Hall–Kier alpha value is -1.89. The summed E-state index contributed by atoms with van der Waals surface area (Å²) >= 11 is 3.46. The summed E-state index contributed by atoms with van der Waals surface area (Å²) in [5.41, 5.74) is 0.919. The summed E-state index contributed by atoms with van der Waals surface area (Å²) in [5.74, 6) is 1.16. The molecule has 0 fully saturated rings. The van der Waals surface area contributed by atoms with Crippen LogP contribution in [0.5, 0.6) is 5.75 Å². The normalized spacial score (nSPS) is 17.5. The van der Waals surface area contributed by atoms with Gasteiger partial charge in [-0.1, -0.05) is 15.9 Å². The van der Waals surface area contributed by atoms with Crippen molar-refractivity contribution in [1.29, 1.82) is 0 Å². The molecule has 7 heteroatoms. The molecule has 104 valence electrons. The molecular weight excluding hydrogens is 324 g/mol. The van der Waals surface area contributed by atoms with Gasteiger partial charge in [0.15, 0.2) is 0 Å². The number of rotatable bonds is 3. The van der Waals surface area contributed by atoms with Gasteiger partial charge in [0.2, 0.25) is 11.9 Å². The lowest BCUT2D eigenvalue weighted by Gasteiger charge is -2.25. The maximum atomic E-state index is 11.8. The Morgan fingerprint density at radius 1 is 1.55 bits per heavy atom. The van der Waals surface area contributed by atoms with E-state index in [0.717, 1.165) is 15.8 Å². The number of aromatic nitrogens is 3. The summed E-state index contributed by atoms with van der Waals surface area (Å²) in [6, 6.07) is 5.56. The van der Waals surface area contributed by atoms with E-state index in [1.807, 2.05) is 25.1 Å². The van der Waals surface area contributed by atoms with E-state index in [0.29, 0.717) is 19.0 Å². The molecule has 1 atom stereocenters.